The van der Waals surface area contributed by atoms with Gasteiger partial charge in [-0.05, 0) is 42.9 Å². The van der Waals surface area contributed by atoms with Gasteiger partial charge < -0.3 is 10.0 Å². The lowest BCUT2D eigenvalue weighted by Gasteiger charge is -2.25. The van der Waals surface area contributed by atoms with E-state index in [9.17, 15) is 23.1 Å². The molecular formula is C19H26N2O5S. The molecule has 1 aliphatic heterocycles. The van der Waals surface area contributed by atoms with Gasteiger partial charge in [-0.2, -0.15) is 4.31 Å². The van der Waals surface area contributed by atoms with Crippen LogP contribution in [0, 0.1) is 11.8 Å². The lowest BCUT2D eigenvalue weighted by Crippen LogP contribution is -2.43. The molecule has 2 aliphatic rings. The summed E-state index contributed by atoms with van der Waals surface area (Å²) in [5, 5.41) is 9.65. The highest BCUT2D eigenvalue weighted by atomic mass is 32.2. The second-order valence-electron chi connectivity index (χ2n) is 7.21. The topological polar surface area (TPSA) is 95.0 Å². The lowest BCUT2D eigenvalue weighted by molar-refractivity contribution is -0.142. The number of carboxylic acid groups (broad SMARTS) is 1. The van der Waals surface area contributed by atoms with Crippen LogP contribution in [0.5, 0.6) is 0 Å². The number of amides is 1. The molecule has 27 heavy (non-hydrogen) atoms. The highest BCUT2D eigenvalue weighted by molar-refractivity contribution is 7.89. The Morgan fingerprint density at radius 2 is 1.93 bits per heavy atom. The maximum Gasteiger partial charge on any atom is 0.326 e. The predicted molar refractivity (Wildman–Crippen MR) is 99.8 cm³/mol. The number of rotatable bonds is 6. The van der Waals surface area contributed by atoms with Crippen molar-refractivity contribution < 1.29 is 23.1 Å². The molecular weight excluding hydrogens is 368 g/mol. The average molecular weight is 394 g/mol. The van der Waals surface area contributed by atoms with Crippen LogP contribution in [0.15, 0.2) is 29.2 Å². The number of fused-ring (bicyclic) bond motifs is 1. The Labute approximate surface area is 160 Å². The Morgan fingerprint density at radius 1 is 1.22 bits per heavy atom. The van der Waals surface area contributed by atoms with Gasteiger partial charge >= 0.3 is 5.97 Å². The van der Waals surface area contributed by atoms with Gasteiger partial charge in [0.05, 0.1) is 4.90 Å². The quantitative estimate of drug-likeness (QED) is 0.797. The van der Waals surface area contributed by atoms with Crippen LogP contribution in [-0.4, -0.2) is 60.3 Å². The van der Waals surface area contributed by atoms with Gasteiger partial charge in [-0.25, -0.2) is 13.2 Å². The second kappa shape index (κ2) is 7.59. The Morgan fingerprint density at radius 3 is 2.56 bits per heavy atom. The van der Waals surface area contributed by atoms with Gasteiger partial charge in [0.25, 0.3) is 5.91 Å². The van der Waals surface area contributed by atoms with Crippen molar-refractivity contribution in [2.75, 3.05) is 19.6 Å². The first-order valence-corrected chi connectivity index (χ1v) is 10.9. The van der Waals surface area contributed by atoms with Crippen LogP contribution in [0.3, 0.4) is 0 Å². The molecule has 3 unspecified atom stereocenters. The number of aliphatic carboxylic acids is 1. The summed E-state index contributed by atoms with van der Waals surface area (Å²) in [6.45, 7) is 4.63. The number of sulfonamides is 1. The van der Waals surface area contributed by atoms with Crippen LogP contribution in [0.4, 0.5) is 0 Å². The molecule has 7 nitrogen and oxygen atoms in total. The summed E-state index contributed by atoms with van der Waals surface area (Å²) >= 11 is 0. The summed E-state index contributed by atoms with van der Waals surface area (Å²) in [7, 11) is -3.68. The van der Waals surface area contributed by atoms with Crippen molar-refractivity contribution >= 4 is 21.9 Å². The molecule has 1 heterocycles. The minimum atomic E-state index is -3.68. The van der Waals surface area contributed by atoms with Crippen molar-refractivity contribution in [3.05, 3.63) is 29.8 Å². The number of benzene rings is 1. The number of hydrogen-bond donors (Lipinski definition) is 1. The summed E-state index contributed by atoms with van der Waals surface area (Å²) in [4.78, 5) is 26.3. The van der Waals surface area contributed by atoms with E-state index in [1.807, 2.05) is 0 Å². The molecule has 2 fully saturated rings. The Balaban J connectivity index is 1.91. The van der Waals surface area contributed by atoms with E-state index in [2.05, 4.69) is 0 Å². The largest absolute Gasteiger partial charge is 0.480 e. The van der Waals surface area contributed by atoms with Crippen LogP contribution in [0.2, 0.25) is 0 Å². The standard InChI is InChI=1S/C19H26N2O5S/c1-3-20(4-2)27(25,26)15-9-5-7-13(11-15)18(22)21-12-14-8-6-10-16(14)17(21)19(23)24/h5,7,9,11,14,16-17H,3-4,6,8,10,12H2,1-2H3,(H,23,24). The van der Waals surface area contributed by atoms with E-state index in [1.165, 1.54) is 27.4 Å². The van der Waals surface area contributed by atoms with Crippen molar-refractivity contribution in [2.45, 2.75) is 44.0 Å². The van der Waals surface area contributed by atoms with Crippen molar-refractivity contribution in [1.82, 2.24) is 9.21 Å². The maximum absolute atomic E-state index is 13.0. The van der Waals surface area contributed by atoms with E-state index in [4.69, 9.17) is 0 Å². The number of likely N-dealkylation sites (tertiary alicyclic amines) is 1. The Hall–Kier alpha value is -1.93. The zero-order valence-electron chi connectivity index (χ0n) is 15.7. The van der Waals surface area contributed by atoms with E-state index < -0.39 is 27.9 Å². The fourth-order valence-corrected chi connectivity index (χ4v) is 6.00. The Kier molecular flexibility index (Phi) is 5.58. The summed E-state index contributed by atoms with van der Waals surface area (Å²) in [6, 6.07) is 5.10. The molecule has 0 spiro atoms. The fraction of sp³-hybridized carbons (Fsp3) is 0.579. The van der Waals surface area contributed by atoms with Gasteiger partial charge in [0.15, 0.2) is 0 Å². The maximum atomic E-state index is 13.0. The highest BCUT2D eigenvalue weighted by Crippen LogP contribution is 2.42. The summed E-state index contributed by atoms with van der Waals surface area (Å²) in [5.74, 6) is -1.18. The number of carboxylic acids is 1. The zero-order valence-corrected chi connectivity index (χ0v) is 16.5. The predicted octanol–water partition coefficient (Wildman–Crippen LogP) is 2.04. The lowest BCUT2D eigenvalue weighted by atomic mass is 9.94. The minimum Gasteiger partial charge on any atom is -0.480 e. The van der Waals surface area contributed by atoms with Crippen LogP contribution in [0.25, 0.3) is 0 Å². The SMILES string of the molecule is CCN(CC)S(=O)(=O)c1cccc(C(=O)N2CC3CCCC3C2C(=O)O)c1. The summed E-state index contributed by atoms with van der Waals surface area (Å²) in [6.07, 6.45) is 2.76. The molecule has 1 aliphatic carbocycles. The first-order valence-electron chi connectivity index (χ1n) is 9.45. The second-order valence-corrected chi connectivity index (χ2v) is 9.15. The molecule has 0 bridgehead atoms. The first-order chi connectivity index (χ1) is 12.8. The highest BCUT2D eigenvalue weighted by Gasteiger charge is 2.49. The molecule has 1 saturated heterocycles. The van der Waals surface area contributed by atoms with Crippen LogP contribution >= 0.6 is 0 Å². The fourth-order valence-electron chi connectivity index (χ4n) is 4.50. The summed E-state index contributed by atoms with van der Waals surface area (Å²) in [5.41, 5.74) is 0.217. The molecule has 1 aromatic carbocycles. The third-order valence-corrected chi connectivity index (χ3v) is 7.87. The zero-order chi connectivity index (χ0) is 19.8. The van der Waals surface area contributed by atoms with Crippen molar-refractivity contribution in [3.63, 3.8) is 0 Å². The first kappa shape index (κ1) is 19.8. The van der Waals surface area contributed by atoms with Gasteiger partial charge in [0, 0.05) is 25.2 Å². The molecule has 148 valence electrons. The molecule has 1 N–H and O–H groups in total. The van der Waals surface area contributed by atoms with Crippen LogP contribution in [0.1, 0.15) is 43.5 Å². The third-order valence-electron chi connectivity index (χ3n) is 5.83. The van der Waals surface area contributed by atoms with E-state index in [0.717, 1.165) is 19.3 Å². The van der Waals surface area contributed by atoms with Gasteiger partial charge in [0.1, 0.15) is 6.04 Å². The average Bonchev–Trinajstić information content (AvgIpc) is 3.22. The molecule has 1 saturated carbocycles. The smallest absolute Gasteiger partial charge is 0.326 e. The Bertz CT molecular complexity index is 834. The van der Waals surface area contributed by atoms with Gasteiger partial charge in [-0.15, -0.1) is 0 Å². The van der Waals surface area contributed by atoms with E-state index in [-0.39, 0.29) is 22.3 Å². The van der Waals surface area contributed by atoms with E-state index >= 15 is 0 Å². The van der Waals surface area contributed by atoms with Crippen LogP contribution < -0.4 is 0 Å². The van der Waals surface area contributed by atoms with Crippen LogP contribution in [-0.2, 0) is 14.8 Å². The monoisotopic (exact) mass is 394 g/mol. The normalized spacial score (nSPS) is 25.0. The van der Waals surface area contributed by atoms with E-state index in [0.29, 0.717) is 19.6 Å². The molecule has 3 atom stereocenters. The van der Waals surface area contributed by atoms with Gasteiger partial charge in [-0.3, -0.25) is 4.79 Å². The molecule has 0 radical (unpaired) electrons. The van der Waals surface area contributed by atoms with Crippen molar-refractivity contribution in [3.8, 4) is 0 Å². The summed E-state index contributed by atoms with van der Waals surface area (Å²) < 4.78 is 26.8. The molecule has 1 aromatic rings. The number of nitrogens with zero attached hydrogens (tertiary/aromatic N) is 2. The van der Waals surface area contributed by atoms with Gasteiger partial charge in [-0.1, -0.05) is 26.3 Å². The van der Waals surface area contributed by atoms with Crippen molar-refractivity contribution in [1.29, 1.82) is 0 Å². The van der Waals surface area contributed by atoms with E-state index in [1.54, 1.807) is 19.9 Å². The molecule has 8 heteroatoms. The van der Waals surface area contributed by atoms with Crippen molar-refractivity contribution in [2.24, 2.45) is 11.8 Å². The number of carbonyl (C=O) groups is 2. The minimum absolute atomic E-state index is 0.00552. The third kappa shape index (κ3) is 3.48. The molecule has 1 amide bonds. The number of hydrogen-bond acceptors (Lipinski definition) is 4. The molecule has 0 aromatic heterocycles. The molecule has 3 rings (SSSR count). The van der Waals surface area contributed by atoms with Gasteiger partial charge in [0.2, 0.25) is 10.0 Å². The number of carbonyl (C=O) groups excluding carboxylic acids is 1.